The summed E-state index contributed by atoms with van der Waals surface area (Å²) in [6.45, 7) is 7.45. The molecule has 2 heterocycles. The second-order valence-electron chi connectivity index (χ2n) is 7.21. The predicted molar refractivity (Wildman–Crippen MR) is 94.5 cm³/mol. The van der Waals surface area contributed by atoms with Crippen molar-refractivity contribution in [1.29, 1.82) is 0 Å². The van der Waals surface area contributed by atoms with Crippen molar-refractivity contribution in [1.82, 2.24) is 4.57 Å². The molecule has 0 radical (unpaired) electrons. The highest BCUT2D eigenvalue weighted by Crippen LogP contribution is 2.24. The van der Waals surface area contributed by atoms with E-state index in [9.17, 15) is 0 Å². The van der Waals surface area contributed by atoms with Crippen molar-refractivity contribution < 1.29 is 9.30 Å². The minimum absolute atomic E-state index is 0.407. The van der Waals surface area contributed by atoms with Gasteiger partial charge < -0.3 is 4.74 Å². The third-order valence-corrected chi connectivity index (χ3v) is 5.09. The molecule has 2 bridgehead atoms. The number of fused-ring (bicyclic) bond motifs is 5. The predicted octanol–water partition coefficient (Wildman–Crippen LogP) is 4.50. The van der Waals surface area contributed by atoms with Crippen LogP contribution in [0.25, 0.3) is 11.0 Å². The van der Waals surface area contributed by atoms with Crippen LogP contribution in [-0.4, -0.2) is 17.8 Å². The van der Waals surface area contributed by atoms with E-state index in [1.807, 2.05) is 0 Å². The van der Waals surface area contributed by atoms with E-state index in [0.717, 1.165) is 19.8 Å². The maximum absolute atomic E-state index is 6.04. The van der Waals surface area contributed by atoms with Crippen molar-refractivity contribution in [2.24, 2.45) is 5.92 Å². The molecule has 0 saturated heterocycles. The topological polar surface area (TPSA) is 18.0 Å². The molecule has 1 aliphatic rings. The van der Waals surface area contributed by atoms with Gasteiger partial charge in [0.1, 0.15) is 6.04 Å². The van der Waals surface area contributed by atoms with Gasteiger partial charge in [0.05, 0.1) is 13.2 Å². The Kier molecular flexibility index (Phi) is 5.71. The molecular weight excluding hydrogens is 284 g/mol. The third kappa shape index (κ3) is 3.95. The molecule has 1 aliphatic heterocycles. The van der Waals surface area contributed by atoms with Crippen LogP contribution in [0.15, 0.2) is 30.6 Å². The van der Waals surface area contributed by atoms with E-state index < -0.39 is 0 Å². The Morgan fingerprint density at radius 2 is 1.78 bits per heavy atom. The fourth-order valence-electron chi connectivity index (χ4n) is 3.63. The number of aromatic nitrogens is 2. The summed E-state index contributed by atoms with van der Waals surface area (Å²) < 4.78 is 10.9. The molecule has 0 unspecified atom stereocenters. The number of rotatable bonds is 1. The molecule has 0 aliphatic carbocycles. The van der Waals surface area contributed by atoms with E-state index in [4.69, 9.17) is 4.74 Å². The van der Waals surface area contributed by atoms with Gasteiger partial charge >= 0.3 is 0 Å². The van der Waals surface area contributed by atoms with E-state index >= 15 is 0 Å². The second kappa shape index (κ2) is 7.96. The molecule has 0 saturated carbocycles. The average molecular weight is 315 g/mol. The number of hydrogen-bond donors (Lipinski definition) is 0. The van der Waals surface area contributed by atoms with Gasteiger partial charge in [-0.25, -0.2) is 9.13 Å². The van der Waals surface area contributed by atoms with Crippen molar-refractivity contribution in [3.63, 3.8) is 0 Å². The lowest BCUT2D eigenvalue weighted by molar-refractivity contribution is -0.672. The van der Waals surface area contributed by atoms with Gasteiger partial charge in [-0.1, -0.05) is 45.2 Å². The highest BCUT2D eigenvalue weighted by molar-refractivity contribution is 5.71. The maximum Gasteiger partial charge on any atom is 0.245 e. The van der Waals surface area contributed by atoms with Crippen LogP contribution < -0.4 is 4.57 Å². The Bertz CT molecular complexity index is 617. The lowest BCUT2D eigenvalue weighted by atomic mass is 10.0. The van der Waals surface area contributed by atoms with Crippen molar-refractivity contribution in [2.75, 3.05) is 13.2 Å². The lowest BCUT2D eigenvalue weighted by Gasteiger charge is -2.18. The van der Waals surface area contributed by atoms with Crippen molar-refractivity contribution in [3.05, 3.63) is 30.6 Å². The number of aryl methyl sites for hydroxylation is 1. The Morgan fingerprint density at radius 3 is 2.61 bits per heavy atom. The zero-order valence-electron chi connectivity index (χ0n) is 14.7. The summed E-state index contributed by atoms with van der Waals surface area (Å²) in [6.07, 6.45) is 10.2. The third-order valence-electron chi connectivity index (χ3n) is 5.09. The molecule has 0 fully saturated rings. The quantitative estimate of drug-likeness (QED) is 0.709. The number of imidazole rings is 1. The second-order valence-corrected chi connectivity index (χ2v) is 7.21. The van der Waals surface area contributed by atoms with Crippen LogP contribution in [-0.2, 0) is 11.3 Å². The Balaban J connectivity index is 1.94. The summed E-state index contributed by atoms with van der Waals surface area (Å²) in [5.41, 5.74) is 2.69. The number of nitrogens with zero attached hydrogens (tertiary/aromatic N) is 2. The summed E-state index contributed by atoms with van der Waals surface area (Å²) in [5, 5.41) is 0. The molecule has 3 rings (SSSR count). The molecule has 0 N–H and O–H groups in total. The Hall–Kier alpha value is -1.35. The van der Waals surface area contributed by atoms with Gasteiger partial charge in [-0.3, -0.25) is 0 Å². The van der Waals surface area contributed by atoms with E-state index in [0.29, 0.717) is 12.0 Å². The van der Waals surface area contributed by atoms with Crippen LogP contribution in [0.3, 0.4) is 0 Å². The highest BCUT2D eigenvalue weighted by Gasteiger charge is 2.25. The molecule has 2 aromatic rings. The van der Waals surface area contributed by atoms with Gasteiger partial charge in [0.15, 0.2) is 11.0 Å². The Morgan fingerprint density at radius 1 is 1.04 bits per heavy atom. The molecule has 23 heavy (non-hydrogen) atoms. The van der Waals surface area contributed by atoms with Gasteiger partial charge in [0.25, 0.3) is 0 Å². The van der Waals surface area contributed by atoms with Gasteiger partial charge in [-0.05, 0) is 37.3 Å². The van der Waals surface area contributed by atoms with Crippen LogP contribution >= 0.6 is 0 Å². The fourth-order valence-corrected chi connectivity index (χ4v) is 3.63. The number of ether oxygens (including phenoxy) is 1. The zero-order chi connectivity index (χ0) is 16.1. The molecule has 0 spiro atoms. The number of para-hydroxylation sites is 2. The normalized spacial score (nSPS) is 21.4. The molecule has 1 atom stereocenters. The zero-order valence-corrected chi connectivity index (χ0v) is 14.7. The largest absolute Gasteiger partial charge is 0.377 e. The maximum atomic E-state index is 6.04. The lowest BCUT2D eigenvalue weighted by Crippen LogP contribution is -2.33. The van der Waals surface area contributed by atoms with Crippen LogP contribution in [0, 0.1) is 5.92 Å². The highest BCUT2D eigenvalue weighted by atomic mass is 16.5. The minimum Gasteiger partial charge on any atom is -0.377 e. The molecule has 126 valence electrons. The Labute approximate surface area is 140 Å². The minimum atomic E-state index is 0.407. The van der Waals surface area contributed by atoms with E-state index in [1.165, 1.54) is 49.6 Å². The van der Waals surface area contributed by atoms with Gasteiger partial charge in [0.2, 0.25) is 6.33 Å². The first-order valence-corrected chi connectivity index (χ1v) is 9.34. The first kappa shape index (κ1) is 16.5. The molecule has 3 heteroatoms. The monoisotopic (exact) mass is 315 g/mol. The summed E-state index contributed by atoms with van der Waals surface area (Å²) in [6, 6.07) is 9.21. The smallest absolute Gasteiger partial charge is 0.245 e. The van der Waals surface area contributed by atoms with Crippen LogP contribution in [0.4, 0.5) is 0 Å². The van der Waals surface area contributed by atoms with Crippen LogP contribution in [0.2, 0.25) is 0 Å². The van der Waals surface area contributed by atoms with Gasteiger partial charge in [-0.15, -0.1) is 0 Å². The SMILES string of the molecule is CC(C)[C@H]1COCCCCCCCC[n+]2cn1c1ccccc12. The summed E-state index contributed by atoms with van der Waals surface area (Å²) in [4.78, 5) is 0. The van der Waals surface area contributed by atoms with Crippen LogP contribution in [0.5, 0.6) is 0 Å². The molecular formula is C20H31N2O+. The average Bonchev–Trinajstić information content (AvgIpc) is 2.91. The molecule has 1 aromatic heterocycles. The summed E-state index contributed by atoms with van der Waals surface area (Å²) in [7, 11) is 0. The summed E-state index contributed by atoms with van der Waals surface area (Å²) >= 11 is 0. The van der Waals surface area contributed by atoms with Crippen molar-refractivity contribution in [3.8, 4) is 0 Å². The number of benzene rings is 1. The van der Waals surface area contributed by atoms with Crippen molar-refractivity contribution in [2.45, 2.75) is 65.0 Å². The fraction of sp³-hybridized carbons (Fsp3) is 0.650. The molecule has 0 amide bonds. The van der Waals surface area contributed by atoms with Crippen molar-refractivity contribution >= 4 is 11.0 Å². The standard InChI is InChI=1S/C20H31N2O/c1-17(2)20-15-23-14-10-6-4-3-5-9-13-21-16-22(20)19-12-8-7-11-18(19)21/h7-8,11-12,16-17,20H,3-6,9-10,13-15H2,1-2H3/q+1/t20-/m1/s1. The van der Waals surface area contributed by atoms with E-state index in [-0.39, 0.29) is 0 Å². The first-order chi connectivity index (χ1) is 11.3. The number of hydrogen-bond acceptors (Lipinski definition) is 1. The van der Waals surface area contributed by atoms with Gasteiger partial charge in [0, 0.05) is 6.61 Å². The molecule has 1 aromatic carbocycles. The van der Waals surface area contributed by atoms with Crippen LogP contribution in [0.1, 0.15) is 58.4 Å². The molecule has 3 nitrogen and oxygen atoms in total. The first-order valence-electron chi connectivity index (χ1n) is 9.34. The van der Waals surface area contributed by atoms with E-state index in [2.05, 4.69) is 53.6 Å². The van der Waals surface area contributed by atoms with E-state index in [1.54, 1.807) is 0 Å². The van der Waals surface area contributed by atoms with Gasteiger partial charge in [-0.2, -0.15) is 0 Å². The summed E-state index contributed by atoms with van der Waals surface area (Å²) in [5.74, 6) is 0.562.